The molecule has 0 aromatic heterocycles. The summed E-state index contributed by atoms with van der Waals surface area (Å²) in [4.78, 5) is 0. The van der Waals surface area contributed by atoms with Gasteiger partial charge in [-0.3, -0.25) is 0 Å². The van der Waals surface area contributed by atoms with Crippen LogP contribution in [-0.2, 0) is 4.74 Å². The van der Waals surface area contributed by atoms with Crippen molar-refractivity contribution in [1.29, 1.82) is 0 Å². The highest BCUT2D eigenvalue weighted by Gasteiger charge is 2.28. The topological polar surface area (TPSA) is 21.3 Å². The molecule has 10 heavy (non-hydrogen) atoms. The van der Waals surface area contributed by atoms with Gasteiger partial charge in [0.15, 0.2) is 0 Å². The van der Waals surface area contributed by atoms with Crippen LogP contribution in [0, 0.1) is 0 Å². The van der Waals surface area contributed by atoms with E-state index in [0.717, 1.165) is 13.2 Å². The van der Waals surface area contributed by atoms with Gasteiger partial charge in [-0.05, 0) is 26.8 Å². The van der Waals surface area contributed by atoms with Crippen LogP contribution >= 0.6 is 12.4 Å². The van der Waals surface area contributed by atoms with E-state index in [1.54, 1.807) is 0 Å². The molecule has 0 aliphatic carbocycles. The molecule has 3 heteroatoms. The Labute approximate surface area is 68.7 Å². The van der Waals surface area contributed by atoms with Crippen molar-refractivity contribution in [1.82, 2.24) is 5.32 Å². The van der Waals surface area contributed by atoms with Crippen LogP contribution in [0.5, 0.6) is 0 Å². The Bertz CT molecular complexity index is 91.6. The first-order valence-electron chi connectivity index (χ1n) is 3.55. The van der Waals surface area contributed by atoms with Gasteiger partial charge in [-0.2, -0.15) is 0 Å². The number of nitrogens with one attached hydrogen (secondary N) is 1. The van der Waals surface area contributed by atoms with Crippen molar-refractivity contribution in [3.05, 3.63) is 0 Å². The smallest absolute Gasteiger partial charge is 0.0779 e. The second-order valence-corrected chi connectivity index (χ2v) is 2.93. The SMILES string of the molecule is CNC[C@]1(C)CCCO1.Cl. The number of halogens is 1. The molecule has 1 aliphatic rings. The van der Waals surface area contributed by atoms with Crippen molar-refractivity contribution in [2.45, 2.75) is 25.4 Å². The zero-order valence-corrected chi connectivity index (χ0v) is 7.46. The number of hydrogen-bond donors (Lipinski definition) is 1. The second kappa shape index (κ2) is 4.16. The molecule has 1 heterocycles. The summed E-state index contributed by atoms with van der Waals surface area (Å²) in [6.45, 7) is 4.08. The van der Waals surface area contributed by atoms with E-state index in [2.05, 4.69) is 12.2 Å². The van der Waals surface area contributed by atoms with Gasteiger partial charge in [0.1, 0.15) is 0 Å². The van der Waals surface area contributed by atoms with Gasteiger partial charge in [-0.15, -0.1) is 12.4 Å². The summed E-state index contributed by atoms with van der Waals surface area (Å²) in [5.74, 6) is 0. The van der Waals surface area contributed by atoms with E-state index in [9.17, 15) is 0 Å². The van der Waals surface area contributed by atoms with Gasteiger partial charge in [-0.1, -0.05) is 0 Å². The summed E-state index contributed by atoms with van der Waals surface area (Å²) in [6.07, 6.45) is 2.42. The van der Waals surface area contributed by atoms with Gasteiger partial charge in [0.2, 0.25) is 0 Å². The molecule has 0 aromatic carbocycles. The van der Waals surface area contributed by atoms with E-state index < -0.39 is 0 Å². The highest BCUT2D eigenvalue weighted by Crippen LogP contribution is 2.23. The van der Waals surface area contributed by atoms with Crippen molar-refractivity contribution < 1.29 is 4.74 Å². The Hall–Kier alpha value is 0.210. The molecule has 0 unspecified atom stereocenters. The molecule has 0 saturated carbocycles. The van der Waals surface area contributed by atoms with E-state index >= 15 is 0 Å². The molecule has 1 aliphatic heterocycles. The van der Waals surface area contributed by atoms with Crippen LogP contribution in [0.2, 0.25) is 0 Å². The molecule has 0 amide bonds. The van der Waals surface area contributed by atoms with Crippen molar-refractivity contribution >= 4 is 12.4 Å². The molecule has 62 valence electrons. The van der Waals surface area contributed by atoms with E-state index in [4.69, 9.17) is 4.74 Å². The molecule has 0 aromatic rings. The first-order valence-corrected chi connectivity index (χ1v) is 3.55. The van der Waals surface area contributed by atoms with E-state index in [1.807, 2.05) is 7.05 Å². The van der Waals surface area contributed by atoms with Crippen LogP contribution in [0.1, 0.15) is 19.8 Å². The zero-order chi connectivity index (χ0) is 6.74. The predicted molar refractivity (Wildman–Crippen MR) is 44.8 cm³/mol. The Morgan fingerprint density at radius 3 is 2.70 bits per heavy atom. The summed E-state index contributed by atoms with van der Waals surface area (Å²) in [5, 5.41) is 3.13. The first-order chi connectivity index (χ1) is 4.27. The summed E-state index contributed by atoms with van der Waals surface area (Å²) in [7, 11) is 1.97. The second-order valence-electron chi connectivity index (χ2n) is 2.93. The molecule has 1 rings (SSSR count). The Morgan fingerprint density at radius 2 is 2.30 bits per heavy atom. The van der Waals surface area contributed by atoms with Crippen LogP contribution in [0.3, 0.4) is 0 Å². The summed E-state index contributed by atoms with van der Waals surface area (Å²) in [6, 6.07) is 0. The zero-order valence-electron chi connectivity index (χ0n) is 6.64. The molecular weight excluding hydrogens is 150 g/mol. The quantitative estimate of drug-likeness (QED) is 0.664. The van der Waals surface area contributed by atoms with Gasteiger partial charge in [0, 0.05) is 13.2 Å². The summed E-state index contributed by atoms with van der Waals surface area (Å²) in [5.41, 5.74) is 0.134. The average Bonchev–Trinajstić information content (AvgIpc) is 2.16. The van der Waals surface area contributed by atoms with Crippen molar-refractivity contribution in [2.75, 3.05) is 20.2 Å². The lowest BCUT2D eigenvalue weighted by Gasteiger charge is -2.21. The number of hydrogen-bond acceptors (Lipinski definition) is 2. The van der Waals surface area contributed by atoms with E-state index in [0.29, 0.717) is 0 Å². The van der Waals surface area contributed by atoms with Gasteiger partial charge in [0.05, 0.1) is 5.60 Å². The van der Waals surface area contributed by atoms with Gasteiger partial charge < -0.3 is 10.1 Å². The number of ether oxygens (including phenoxy) is 1. The molecule has 1 saturated heterocycles. The monoisotopic (exact) mass is 165 g/mol. The van der Waals surface area contributed by atoms with Crippen molar-refractivity contribution in [2.24, 2.45) is 0 Å². The molecule has 2 nitrogen and oxygen atoms in total. The average molecular weight is 166 g/mol. The largest absolute Gasteiger partial charge is 0.374 e. The summed E-state index contributed by atoms with van der Waals surface area (Å²) >= 11 is 0. The fraction of sp³-hybridized carbons (Fsp3) is 1.00. The van der Waals surface area contributed by atoms with Crippen LogP contribution in [0.15, 0.2) is 0 Å². The highest BCUT2D eigenvalue weighted by molar-refractivity contribution is 5.85. The standard InChI is InChI=1S/C7H15NO.ClH/c1-7(6-8-2)4-3-5-9-7;/h8H,3-6H2,1-2H3;1H/t7-;/m0./s1. The van der Waals surface area contributed by atoms with Crippen LogP contribution < -0.4 is 5.32 Å². The van der Waals surface area contributed by atoms with Gasteiger partial charge >= 0.3 is 0 Å². The minimum atomic E-state index is 0. The van der Waals surface area contributed by atoms with Crippen LogP contribution in [0.25, 0.3) is 0 Å². The molecular formula is C7H16ClNO. The Morgan fingerprint density at radius 1 is 1.60 bits per heavy atom. The van der Waals surface area contributed by atoms with E-state index in [-0.39, 0.29) is 18.0 Å². The molecule has 1 N–H and O–H groups in total. The maximum absolute atomic E-state index is 5.52. The number of likely N-dealkylation sites (N-methyl/N-ethyl adjacent to an activating group) is 1. The molecule has 0 bridgehead atoms. The number of rotatable bonds is 2. The third-order valence-electron chi connectivity index (χ3n) is 1.85. The minimum Gasteiger partial charge on any atom is -0.374 e. The lowest BCUT2D eigenvalue weighted by Crippen LogP contribution is -2.35. The van der Waals surface area contributed by atoms with Crippen LogP contribution in [0.4, 0.5) is 0 Å². The van der Waals surface area contributed by atoms with Crippen molar-refractivity contribution in [3.63, 3.8) is 0 Å². The highest BCUT2D eigenvalue weighted by atomic mass is 35.5. The lowest BCUT2D eigenvalue weighted by molar-refractivity contribution is 0.0224. The van der Waals surface area contributed by atoms with Gasteiger partial charge in [-0.25, -0.2) is 0 Å². The van der Waals surface area contributed by atoms with Crippen LogP contribution in [-0.4, -0.2) is 25.8 Å². The predicted octanol–water partition coefficient (Wildman–Crippen LogP) is 1.20. The van der Waals surface area contributed by atoms with Gasteiger partial charge in [0.25, 0.3) is 0 Å². The molecule has 1 atom stereocenters. The van der Waals surface area contributed by atoms with E-state index in [1.165, 1.54) is 12.8 Å². The fourth-order valence-electron chi connectivity index (χ4n) is 1.35. The third-order valence-corrected chi connectivity index (χ3v) is 1.85. The normalized spacial score (nSPS) is 31.8. The molecule has 1 fully saturated rings. The Kier molecular flexibility index (Phi) is 4.25. The maximum atomic E-state index is 5.52. The first kappa shape index (κ1) is 10.2. The fourth-order valence-corrected chi connectivity index (χ4v) is 1.35. The lowest BCUT2D eigenvalue weighted by atomic mass is 10.0. The van der Waals surface area contributed by atoms with Crippen molar-refractivity contribution in [3.8, 4) is 0 Å². The maximum Gasteiger partial charge on any atom is 0.0779 e. The third kappa shape index (κ3) is 2.45. The molecule has 0 radical (unpaired) electrons. The Balaban J connectivity index is 0.000000810. The summed E-state index contributed by atoms with van der Waals surface area (Å²) < 4.78 is 5.52. The minimum absolute atomic E-state index is 0. The molecule has 0 spiro atoms.